The molecule has 0 spiro atoms. The molecule has 0 unspecified atom stereocenters. The van der Waals surface area contributed by atoms with Crippen LogP contribution in [0.15, 0.2) is 22.7 Å². The lowest BCUT2D eigenvalue weighted by molar-refractivity contribution is 0.587. The minimum Gasteiger partial charge on any atom is -0.389 e. The van der Waals surface area contributed by atoms with Crippen molar-refractivity contribution in [3.8, 4) is 0 Å². The molecule has 0 amide bonds. The molecule has 0 aliphatic carbocycles. The molecule has 1 aromatic rings. The lowest BCUT2D eigenvalue weighted by Gasteiger charge is -2.30. The van der Waals surface area contributed by atoms with Gasteiger partial charge >= 0.3 is 0 Å². The number of nitrogens with two attached hydrogens (primary N) is 1. The van der Waals surface area contributed by atoms with Crippen molar-refractivity contribution in [2.45, 2.75) is 0 Å². The molecule has 1 saturated heterocycles. The van der Waals surface area contributed by atoms with Crippen LogP contribution in [0.1, 0.15) is 5.56 Å². The van der Waals surface area contributed by atoms with Crippen molar-refractivity contribution >= 4 is 48.7 Å². The summed E-state index contributed by atoms with van der Waals surface area (Å²) in [7, 11) is -2.88. The van der Waals surface area contributed by atoms with E-state index in [0.29, 0.717) is 18.1 Å². The Morgan fingerprint density at radius 2 is 1.94 bits per heavy atom. The van der Waals surface area contributed by atoms with Gasteiger partial charge in [-0.25, -0.2) is 8.42 Å². The van der Waals surface area contributed by atoms with E-state index in [9.17, 15) is 8.42 Å². The van der Waals surface area contributed by atoms with Crippen LogP contribution in [0, 0.1) is 0 Å². The van der Waals surface area contributed by atoms with Crippen molar-refractivity contribution < 1.29 is 8.42 Å². The highest BCUT2D eigenvalue weighted by molar-refractivity contribution is 9.10. The number of sulfone groups is 1. The molecule has 1 fully saturated rings. The van der Waals surface area contributed by atoms with Crippen LogP contribution in [0.4, 0.5) is 5.69 Å². The Labute approximate surface area is 120 Å². The number of halogens is 1. The van der Waals surface area contributed by atoms with Gasteiger partial charge in [-0.1, -0.05) is 28.1 Å². The topological polar surface area (TPSA) is 63.4 Å². The van der Waals surface area contributed by atoms with Gasteiger partial charge in [0.2, 0.25) is 0 Å². The molecule has 2 N–H and O–H groups in total. The zero-order valence-electron chi connectivity index (χ0n) is 9.60. The molecule has 98 valence electrons. The molecule has 7 heteroatoms. The Morgan fingerprint density at radius 1 is 1.33 bits per heavy atom. The number of rotatable bonds is 2. The summed E-state index contributed by atoms with van der Waals surface area (Å²) < 4.78 is 23.8. The third kappa shape index (κ3) is 3.02. The molecule has 1 heterocycles. The van der Waals surface area contributed by atoms with E-state index < -0.39 is 9.84 Å². The molecule has 0 atom stereocenters. The maximum Gasteiger partial charge on any atom is 0.153 e. The number of thiocarbonyl (C=S) groups is 1. The van der Waals surface area contributed by atoms with Crippen LogP contribution < -0.4 is 10.6 Å². The first-order chi connectivity index (χ1) is 8.39. The molecule has 4 nitrogen and oxygen atoms in total. The second-order valence-electron chi connectivity index (χ2n) is 4.16. The Hall–Kier alpha value is -0.660. The lowest BCUT2D eigenvalue weighted by atomic mass is 10.1. The van der Waals surface area contributed by atoms with E-state index in [1.807, 2.05) is 23.1 Å². The average Bonchev–Trinajstić information content (AvgIpc) is 2.28. The van der Waals surface area contributed by atoms with Gasteiger partial charge in [-0.15, -0.1) is 0 Å². The fourth-order valence-electron chi connectivity index (χ4n) is 1.93. The molecule has 18 heavy (non-hydrogen) atoms. The smallest absolute Gasteiger partial charge is 0.153 e. The van der Waals surface area contributed by atoms with Crippen molar-refractivity contribution in [1.82, 2.24) is 0 Å². The summed E-state index contributed by atoms with van der Waals surface area (Å²) in [6.45, 7) is 0.961. The van der Waals surface area contributed by atoms with Crippen LogP contribution in [0.25, 0.3) is 0 Å². The second kappa shape index (κ2) is 5.14. The fraction of sp³-hybridized carbons (Fsp3) is 0.364. The molecular weight excluding hydrogens is 336 g/mol. The summed E-state index contributed by atoms with van der Waals surface area (Å²) >= 11 is 8.43. The summed E-state index contributed by atoms with van der Waals surface area (Å²) in [6, 6.07) is 5.65. The quantitative estimate of drug-likeness (QED) is 0.816. The summed E-state index contributed by atoms with van der Waals surface area (Å²) in [5.41, 5.74) is 7.38. The molecule has 0 radical (unpaired) electrons. The van der Waals surface area contributed by atoms with E-state index >= 15 is 0 Å². The van der Waals surface area contributed by atoms with Gasteiger partial charge in [0.05, 0.1) is 11.5 Å². The standard InChI is InChI=1S/C11H13BrN2O2S2/c12-8-1-2-9(11(13)17)10(7-8)14-3-5-18(15,16)6-4-14/h1-2,7H,3-6H2,(H2,13,17). The highest BCUT2D eigenvalue weighted by Gasteiger charge is 2.23. The predicted octanol–water partition coefficient (Wildman–Crippen LogP) is 1.32. The highest BCUT2D eigenvalue weighted by atomic mass is 79.9. The molecule has 0 aromatic heterocycles. The molecule has 0 bridgehead atoms. The molecular formula is C11H13BrN2O2S2. The lowest BCUT2D eigenvalue weighted by Crippen LogP contribution is -2.41. The van der Waals surface area contributed by atoms with Gasteiger partial charge in [-0.2, -0.15) is 0 Å². The van der Waals surface area contributed by atoms with Crippen LogP contribution in [-0.4, -0.2) is 38.0 Å². The van der Waals surface area contributed by atoms with E-state index in [4.69, 9.17) is 18.0 Å². The summed E-state index contributed by atoms with van der Waals surface area (Å²) in [5.74, 6) is 0.354. The largest absolute Gasteiger partial charge is 0.389 e. The van der Waals surface area contributed by atoms with Gasteiger partial charge < -0.3 is 10.6 Å². The van der Waals surface area contributed by atoms with Gasteiger partial charge in [0.15, 0.2) is 9.84 Å². The first-order valence-electron chi connectivity index (χ1n) is 5.44. The maximum atomic E-state index is 11.4. The fourth-order valence-corrected chi connectivity index (χ4v) is 3.65. The number of benzene rings is 1. The second-order valence-corrected chi connectivity index (χ2v) is 7.82. The number of hydrogen-bond donors (Lipinski definition) is 1. The number of hydrogen-bond acceptors (Lipinski definition) is 4. The first kappa shape index (κ1) is 13.8. The van der Waals surface area contributed by atoms with Gasteiger partial charge in [0.25, 0.3) is 0 Å². The summed E-state index contributed by atoms with van der Waals surface area (Å²) in [5, 5.41) is 0. The molecule has 1 aliphatic rings. The van der Waals surface area contributed by atoms with Gasteiger partial charge in [-0.3, -0.25) is 0 Å². The van der Waals surface area contributed by atoms with Crippen LogP contribution in [0.3, 0.4) is 0 Å². The van der Waals surface area contributed by atoms with Crippen LogP contribution >= 0.6 is 28.1 Å². The Bertz CT molecular complexity index is 573. The zero-order valence-corrected chi connectivity index (χ0v) is 12.8. The number of nitrogens with zero attached hydrogens (tertiary/aromatic N) is 1. The van der Waals surface area contributed by atoms with Gasteiger partial charge in [0, 0.05) is 28.8 Å². The third-order valence-electron chi connectivity index (χ3n) is 2.91. The predicted molar refractivity (Wildman–Crippen MR) is 80.9 cm³/mol. The van der Waals surface area contributed by atoms with Crippen molar-refractivity contribution in [3.05, 3.63) is 28.2 Å². The van der Waals surface area contributed by atoms with Gasteiger partial charge in [0.1, 0.15) is 4.99 Å². The van der Waals surface area contributed by atoms with Gasteiger partial charge in [-0.05, 0) is 18.2 Å². The monoisotopic (exact) mass is 348 g/mol. The average molecular weight is 349 g/mol. The SMILES string of the molecule is NC(=S)c1ccc(Br)cc1N1CCS(=O)(=O)CC1. The Kier molecular flexibility index (Phi) is 3.93. The summed E-state index contributed by atoms with van der Waals surface area (Å²) in [6.07, 6.45) is 0. The minimum absolute atomic E-state index is 0.177. The Balaban J connectivity index is 2.33. The van der Waals surface area contributed by atoms with E-state index in [0.717, 1.165) is 15.7 Å². The third-order valence-corrected chi connectivity index (χ3v) is 5.23. The summed E-state index contributed by atoms with van der Waals surface area (Å²) in [4.78, 5) is 2.34. The maximum absolute atomic E-state index is 11.4. The molecule has 1 aliphatic heterocycles. The van der Waals surface area contributed by atoms with E-state index in [1.54, 1.807) is 0 Å². The van der Waals surface area contributed by atoms with Crippen molar-refractivity contribution in [1.29, 1.82) is 0 Å². The highest BCUT2D eigenvalue weighted by Crippen LogP contribution is 2.26. The van der Waals surface area contributed by atoms with E-state index in [2.05, 4.69) is 15.9 Å². The first-order valence-corrected chi connectivity index (χ1v) is 8.46. The molecule has 1 aromatic carbocycles. The number of anilines is 1. The van der Waals surface area contributed by atoms with Crippen molar-refractivity contribution in [3.63, 3.8) is 0 Å². The van der Waals surface area contributed by atoms with E-state index in [1.165, 1.54) is 0 Å². The zero-order chi connectivity index (χ0) is 13.3. The van der Waals surface area contributed by atoms with Crippen LogP contribution in [0.5, 0.6) is 0 Å². The molecule has 0 saturated carbocycles. The van der Waals surface area contributed by atoms with Crippen LogP contribution in [-0.2, 0) is 9.84 Å². The molecule has 2 rings (SSSR count). The normalized spacial score (nSPS) is 18.6. The Morgan fingerprint density at radius 3 is 2.50 bits per heavy atom. The van der Waals surface area contributed by atoms with Crippen molar-refractivity contribution in [2.24, 2.45) is 5.73 Å². The van der Waals surface area contributed by atoms with E-state index in [-0.39, 0.29) is 11.5 Å². The van der Waals surface area contributed by atoms with Crippen LogP contribution in [0.2, 0.25) is 0 Å². The van der Waals surface area contributed by atoms with Crippen molar-refractivity contribution in [2.75, 3.05) is 29.5 Å². The minimum atomic E-state index is -2.88.